The van der Waals surface area contributed by atoms with E-state index in [0.29, 0.717) is 10.2 Å². The van der Waals surface area contributed by atoms with Gasteiger partial charge in [-0.25, -0.2) is 22.8 Å². The molecule has 0 saturated heterocycles. The molecule has 1 unspecified atom stereocenters. The third-order valence-electron chi connectivity index (χ3n) is 5.29. The predicted molar refractivity (Wildman–Crippen MR) is 117 cm³/mol. The van der Waals surface area contributed by atoms with E-state index in [9.17, 15) is 28.3 Å². The van der Waals surface area contributed by atoms with Crippen LogP contribution in [0.25, 0.3) is 0 Å². The lowest BCUT2D eigenvalue weighted by Crippen LogP contribution is -2.32. The molecular formula is C23H19F3N4O6. The highest BCUT2D eigenvalue weighted by Crippen LogP contribution is 2.33. The summed E-state index contributed by atoms with van der Waals surface area (Å²) in [4.78, 5) is 35.0. The number of aryl methyl sites for hydroxylation is 1. The number of carboxylic acids is 2. The number of aliphatic carboxylic acids is 2. The Kier molecular flexibility index (Phi) is 7.47. The van der Waals surface area contributed by atoms with Gasteiger partial charge in [0.05, 0.1) is 18.1 Å². The van der Waals surface area contributed by atoms with Crippen molar-refractivity contribution in [2.75, 3.05) is 0 Å². The monoisotopic (exact) mass is 504 g/mol. The SMILES string of the molecule is Cc1ccc(Cc2nn(C(CC(=O)O)C(=O)O)c(=O)n2C)c(F)c1Oc1cc(C#N)cc(C(F)F)c1. The lowest BCUT2D eigenvalue weighted by Gasteiger charge is -2.14. The highest BCUT2D eigenvalue weighted by molar-refractivity contribution is 5.79. The van der Waals surface area contributed by atoms with Gasteiger partial charge < -0.3 is 14.9 Å². The van der Waals surface area contributed by atoms with Crippen molar-refractivity contribution in [1.82, 2.24) is 14.3 Å². The van der Waals surface area contributed by atoms with Crippen LogP contribution in [-0.2, 0) is 23.1 Å². The molecule has 36 heavy (non-hydrogen) atoms. The standard InChI is InChI=1S/C23H19F3N4O6/c1-11-3-4-13(8-17-28-30(23(35)29(17)2)16(22(33)34)9-18(31)32)19(24)20(11)36-15-6-12(10-27)5-14(7-15)21(25)26/h3-7,16,21H,8-9H2,1-2H3,(H,31,32)(H,33,34). The minimum absolute atomic E-state index is 0.0218. The molecule has 0 aliphatic heterocycles. The van der Waals surface area contributed by atoms with Crippen LogP contribution in [0.1, 0.15) is 47.0 Å². The van der Waals surface area contributed by atoms with Crippen LogP contribution in [0.4, 0.5) is 13.2 Å². The zero-order chi connectivity index (χ0) is 26.7. The second-order valence-electron chi connectivity index (χ2n) is 7.82. The number of ether oxygens (including phenoxy) is 1. The highest BCUT2D eigenvalue weighted by Gasteiger charge is 2.28. The second-order valence-corrected chi connectivity index (χ2v) is 7.82. The largest absolute Gasteiger partial charge is 0.481 e. The second kappa shape index (κ2) is 10.3. The summed E-state index contributed by atoms with van der Waals surface area (Å²) in [7, 11) is 1.27. The van der Waals surface area contributed by atoms with Crippen LogP contribution < -0.4 is 10.4 Å². The average molecular weight is 504 g/mol. The van der Waals surface area contributed by atoms with Gasteiger partial charge >= 0.3 is 17.6 Å². The van der Waals surface area contributed by atoms with E-state index in [1.54, 1.807) is 6.07 Å². The number of rotatable bonds is 9. The van der Waals surface area contributed by atoms with Gasteiger partial charge in [0.15, 0.2) is 17.6 Å². The van der Waals surface area contributed by atoms with Crippen molar-refractivity contribution in [2.24, 2.45) is 7.05 Å². The number of benzene rings is 2. The molecule has 0 bridgehead atoms. The van der Waals surface area contributed by atoms with Crippen molar-refractivity contribution in [3.05, 3.63) is 74.7 Å². The van der Waals surface area contributed by atoms with Crippen molar-refractivity contribution in [1.29, 1.82) is 5.26 Å². The summed E-state index contributed by atoms with van der Waals surface area (Å²) >= 11 is 0. The van der Waals surface area contributed by atoms with E-state index < -0.39 is 47.9 Å². The molecule has 10 nitrogen and oxygen atoms in total. The zero-order valence-electron chi connectivity index (χ0n) is 18.9. The smallest absolute Gasteiger partial charge is 0.346 e. The van der Waals surface area contributed by atoms with Crippen LogP contribution in [0.2, 0.25) is 0 Å². The summed E-state index contributed by atoms with van der Waals surface area (Å²) in [5.74, 6) is -4.47. The number of halogens is 3. The third-order valence-corrected chi connectivity index (χ3v) is 5.29. The van der Waals surface area contributed by atoms with E-state index in [1.165, 1.54) is 32.2 Å². The number of aromatic nitrogens is 3. The Morgan fingerprint density at radius 3 is 2.50 bits per heavy atom. The van der Waals surface area contributed by atoms with Gasteiger partial charge in [-0.05, 0) is 36.2 Å². The number of hydrogen-bond donors (Lipinski definition) is 2. The van der Waals surface area contributed by atoms with Gasteiger partial charge in [0.25, 0.3) is 6.43 Å². The maximum absolute atomic E-state index is 15.4. The molecule has 0 aliphatic rings. The molecule has 3 aromatic rings. The van der Waals surface area contributed by atoms with Gasteiger partial charge in [-0.15, -0.1) is 0 Å². The van der Waals surface area contributed by atoms with Gasteiger partial charge in [0.2, 0.25) is 0 Å². The molecule has 3 rings (SSSR count). The Morgan fingerprint density at radius 2 is 1.92 bits per heavy atom. The summed E-state index contributed by atoms with van der Waals surface area (Å²) in [6.45, 7) is 1.51. The molecule has 1 heterocycles. The van der Waals surface area contributed by atoms with Crippen LogP contribution in [-0.4, -0.2) is 36.5 Å². The van der Waals surface area contributed by atoms with Crippen LogP contribution in [0.3, 0.4) is 0 Å². The summed E-state index contributed by atoms with van der Waals surface area (Å²) < 4.78 is 48.8. The minimum Gasteiger partial charge on any atom is -0.481 e. The van der Waals surface area contributed by atoms with Crippen molar-refractivity contribution in [3.63, 3.8) is 0 Å². The number of carboxylic acid groups (broad SMARTS) is 2. The van der Waals surface area contributed by atoms with Gasteiger partial charge in [0.1, 0.15) is 11.6 Å². The third kappa shape index (κ3) is 5.38. The first-order valence-electron chi connectivity index (χ1n) is 10.3. The molecule has 0 spiro atoms. The molecular weight excluding hydrogens is 485 g/mol. The fourth-order valence-electron chi connectivity index (χ4n) is 3.41. The molecule has 0 aliphatic carbocycles. The highest BCUT2D eigenvalue weighted by atomic mass is 19.3. The van der Waals surface area contributed by atoms with Gasteiger partial charge in [-0.1, -0.05) is 12.1 Å². The summed E-state index contributed by atoms with van der Waals surface area (Å²) in [5.41, 5.74) is -1.20. The Balaban J connectivity index is 1.99. The van der Waals surface area contributed by atoms with E-state index in [2.05, 4.69) is 5.10 Å². The number of carbonyl (C=O) groups is 2. The normalized spacial score (nSPS) is 11.8. The number of alkyl halides is 2. The first-order chi connectivity index (χ1) is 16.9. The number of nitriles is 1. The Labute approximate surface area is 201 Å². The van der Waals surface area contributed by atoms with Crippen molar-refractivity contribution in [2.45, 2.75) is 32.2 Å². The van der Waals surface area contributed by atoms with Crippen LogP contribution in [0.5, 0.6) is 11.5 Å². The number of hydrogen-bond acceptors (Lipinski definition) is 6. The Bertz CT molecular complexity index is 1440. The van der Waals surface area contributed by atoms with Gasteiger partial charge in [0, 0.05) is 19.0 Å². The van der Waals surface area contributed by atoms with Crippen LogP contribution in [0.15, 0.2) is 35.1 Å². The van der Waals surface area contributed by atoms with Crippen molar-refractivity contribution < 1.29 is 37.7 Å². The average Bonchev–Trinajstić information content (AvgIpc) is 3.09. The first-order valence-corrected chi connectivity index (χ1v) is 10.3. The molecule has 0 amide bonds. The minimum atomic E-state index is -2.88. The van der Waals surface area contributed by atoms with Crippen LogP contribution >= 0.6 is 0 Å². The molecule has 0 fully saturated rings. The fourth-order valence-corrected chi connectivity index (χ4v) is 3.41. The maximum Gasteiger partial charge on any atom is 0.346 e. The molecule has 13 heteroatoms. The topological polar surface area (TPSA) is 147 Å². The lowest BCUT2D eigenvalue weighted by molar-refractivity contribution is -0.147. The van der Waals surface area contributed by atoms with Crippen molar-refractivity contribution >= 4 is 11.9 Å². The molecule has 2 aromatic carbocycles. The number of nitrogens with zero attached hydrogens (tertiary/aromatic N) is 4. The summed E-state index contributed by atoms with van der Waals surface area (Å²) in [6, 6.07) is 5.98. The molecule has 2 N–H and O–H groups in total. The molecule has 188 valence electrons. The molecule has 1 aromatic heterocycles. The van der Waals surface area contributed by atoms with E-state index in [1.807, 2.05) is 0 Å². The van der Waals surface area contributed by atoms with Crippen LogP contribution in [0, 0.1) is 24.1 Å². The van der Waals surface area contributed by atoms with E-state index in [-0.39, 0.29) is 34.9 Å². The quantitative estimate of drug-likeness (QED) is 0.451. The summed E-state index contributed by atoms with van der Waals surface area (Å²) in [5, 5.41) is 31.3. The van der Waals surface area contributed by atoms with E-state index in [4.69, 9.17) is 15.1 Å². The van der Waals surface area contributed by atoms with Crippen molar-refractivity contribution in [3.8, 4) is 17.6 Å². The fraction of sp³-hybridized carbons (Fsp3) is 0.261. The molecule has 0 saturated carbocycles. The lowest BCUT2D eigenvalue weighted by atomic mass is 10.1. The maximum atomic E-state index is 15.4. The Hall–Kier alpha value is -4.60. The zero-order valence-corrected chi connectivity index (χ0v) is 18.9. The van der Waals surface area contributed by atoms with Gasteiger partial charge in [-0.3, -0.25) is 9.36 Å². The predicted octanol–water partition coefficient (Wildman–Crippen LogP) is 3.32. The molecule has 0 radical (unpaired) electrons. The summed E-state index contributed by atoms with van der Waals surface area (Å²) in [6.07, 6.45) is -4.09. The van der Waals surface area contributed by atoms with E-state index in [0.717, 1.165) is 16.7 Å². The van der Waals surface area contributed by atoms with Gasteiger partial charge in [-0.2, -0.15) is 15.0 Å². The first kappa shape index (κ1) is 26.0. The molecule has 1 atom stereocenters. The van der Waals surface area contributed by atoms with E-state index >= 15 is 4.39 Å². The Morgan fingerprint density at radius 1 is 1.22 bits per heavy atom.